The topological polar surface area (TPSA) is 61.0 Å². The zero-order valence-corrected chi connectivity index (χ0v) is 13.2. The van der Waals surface area contributed by atoms with Gasteiger partial charge in [0.05, 0.1) is 21.5 Å². The van der Waals surface area contributed by atoms with Crippen LogP contribution in [-0.2, 0) is 6.54 Å². The number of halogens is 1. The SMILES string of the molecule is C=CCn1c(-c2cccc(Cl)c2[N+](=O)[O-])nc2c(C)cccc21. The number of hydrogen-bond acceptors (Lipinski definition) is 3. The summed E-state index contributed by atoms with van der Waals surface area (Å²) >= 11 is 6.03. The van der Waals surface area contributed by atoms with E-state index in [-0.39, 0.29) is 10.7 Å². The molecule has 0 aliphatic heterocycles. The first-order valence-corrected chi connectivity index (χ1v) is 7.42. The van der Waals surface area contributed by atoms with Crippen molar-refractivity contribution in [1.29, 1.82) is 0 Å². The molecule has 0 fully saturated rings. The van der Waals surface area contributed by atoms with Gasteiger partial charge in [0.2, 0.25) is 0 Å². The Balaban J connectivity index is 2.39. The van der Waals surface area contributed by atoms with Gasteiger partial charge in [-0.15, -0.1) is 6.58 Å². The van der Waals surface area contributed by atoms with Crippen LogP contribution in [-0.4, -0.2) is 14.5 Å². The van der Waals surface area contributed by atoms with Crippen LogP contribution >= 0.6 is 11.6 Å². The molecule has 5 nitrogen and oxygen atoms in total. The molecule has 23 heavy (non-hydrogen) atoms. The van der Waals surface area contributed by atoms with Crippen molar-refractivity contribution in [2.45, 2.75) is 13.5 Å². The second-order valence-electron chi connectivity index (χ2n) is 5.17. The van der Waals surface area contributed by atoms with Gasteiger partial charge in [0.15, 0.2) is 0 Å². The zero-order valence-electron chi connectivity index (χ0n) is 12.5. The van der Waals surface area contributed by atoms with Crippen LogP contribution in [0, 0.1) is 17.0 Å². The monoisotopic (exact) mass is 327 g/mol. The standard InChI is InChI=1S/C17H14ClN3O2/c1-3-10-20-14-9-4-6-11(2)15(14)19-17(20)12-7-5-8-13(18)16(12)21(22)23/h3-9H,1,10H2,2H3. The Morgan fingerprint density at radius 3 is 2.78 bits per heavy atom. The van der Waals surface area contributed by atoms with Crippen molar-refractivity contribution >= 4 is 28.3 Å². The summed E-state index contributed by atoms with van der Waals surface area (Å²) in [5.74, 6) is 0.517. The fraction of sp³-hybridized carbons (Fsp3) is 0.118. The van der Waals surface area contributed by atoms with E-state index in [2.05, 4.69) is 11.6 Å². The number of nitro groups is 1. The number of fused-ring (bicyclic) bond motifs is 1. The molecule has 0 saturated heterocycles. The third-order valence-electron chi connectivity index (χ3n) is 3.70. The van der Waals surface area contributed by atoms with E-state index >= 15 is 0 Å². The number of rotatable bonds is 4. The summed E-state index contributed by atoms with van der Waals surface area (Å²) < 4.78 is 1.91. The number of imidazole rings is 1. The van der Waals surface area contributed by atoms with E-state index in [1.165, 1.54) is 6.07 Å². The fourth-order valence-corrected chi connectivity index (χ4v) is 2.93. The minimum atomic E-state index is -0.470. The van der Waals surface area contributed by atoms with Crippen molar-refractivity contribution in [3.05, 3.63) is 69.8 Å². The normalized spacial score (nSPS) is 10.9. The van der Waals surface area contributed by atoms with Crippen molar-refractivity contribution in [3.63, 3.8) is 0 Å². The summed E-state index contributed by atoms with van der Waals surface area (Å²) in [7, 11) is 0. The molecule has 6 heteroatoms. The van der Waals surface area contributed by atoms with Gasteiger partial charge in [-0.05, 0) is 30.7 Å². The van der Waals surface area contributed by atoms with Gasteiger partial charge in [-0.2, -0.15) is 0 Å². The summed E-state index contributed by atoms with van der Waals surface area (Å²) in [5.41, 5.74) is 3.01. The minimum absolute atomic E-state index is 0.0985. The summed E-state index contributed by atoms with van der Waals surface area (Å²) in [6.45, 7) is 6.23. The van der Waals surface area contributed by atoms with E-state index in [0.29, 0.717) is 17.9 Å². The molecule has 116 valence electrons. The molecule has 3 aromatic rings. The molecule has 3 rings (SSSR count). The molecule has 0 aliphatic rings. The van der Waals surface area contributed by atoms with Crippen LogP contribution in [0.5, 0.6) is 0 Å². The molecule has 0 atom stereocenters. The smallest absolute Gasteiger partial charge is 0.298 e. The molecule has 0 unspecified atom stereocenters. The molecule has 0 radical (unpaired) electrons. The number of aromatic nitrogens is 2. The third kappa shape index (κ3) is 2.49. The van der Waals surface area contributed by atoms with Crippen LogP contribution in [0.15, 0.2) is 49.1 Å². The number of allylic oxidation sites excluding steroid dienone is 1. The van der Waals surface area contributed by atoms with Gasteiger partial charge in [-0.1, -0.05) is 35.9 Å². The number of aryl methyl sites for hydroxylation is 1. The largest absolute Gasteiger partial charge is 0.320 e. The first-order valence-electron chi connectivity index (χ1n) is 7.04. The predicted octanol–water partition coefficient (Wildman–Crippen LogP) is 4.76. The van der Waals surface area contributed by atoms with Crippen molar-refractivity contribution < 1.29 is 4.92 Å². The van der Waals surface area contributed by atoms with Gasteiger partial charge in [-0.25, -0.2) is 4.98 Å². The van der Waals surface area contributed by atoms with Crippen LogP contribution < -0.4 is 0 Å². The average molecular weight is 328 g/mol. The molecule has 0 saturated carbocycles. The lowest BCUT2D eigenvalue weighted by molar-refractivity contribution is -0.384. The molecule has 0 aliphatic carbocycles. The summed E-state index contributed by atoms with van der Waals surface area (Å²) in [5, 5.41) is 11.5. The Labute approximate surface area is 138 Å². The van der Waals surface area contributed by atoms with E-state index in [1.807, 2.05) is 29.7 Å². The Bertz CT molecular complexity index is 931. The van der Waals surface area contributed by atoms with E-state index < -0.39 is 4.92 Å². The maximum atomic E-state index is 11.4. The maximum absolute atomic E-state index is 11.4. The van der Waals surface area contributed by atoms with Crippen LogP contribution in [0.3, 0.4) is 0 Å². The number of hydrogen-bond donors (Lipinski definition) is 0. The maximum Gasteiger partial charge on any atom is 0.298 e. The molecule has 2 aromatic carbocycles. The molecule has 1 heterocycles. The number of para-hydroxylation sites is 2. The van der Waals surface area contributed by atoms with Crippen molar-refractivity contribution in [1.82, 2.24) is 9.55 Å². The van der Waals surface area contributed by atoms with Crippen LogP contribution in [0.25, 0.3) is 22.4 Å². The van der Waals surface area contributed by atoms with Crippen molar-refractivity contribution in [2.24, 2.45) is 0 Å². The molecule has 0 N–H and O–H groups in total. The van der Waals surface area contributed by atoms with Crippen molar-refractivity contribution in [2.75, 3.05) is 0 Å². The van der Waals surface area contributed by atoms with Gasteiger partial charge in [0.25, 0.3) is 5.69 Å². The second kappa shape index (κ2) is 5.85. The first kappa shape index (κ1) is 15.2. The first-order chi connectivity index (χ1) is 11.0. The van der Waals surface area contributed by atoms with E-state index in [0.717, 1.165) is 16.6 Å². The van der Waals surface area contributed by atoms with Gasteiger partial charge < -0.3 is 4.57 Å². The van der Waals surface area contributed by atoms with Gasteiger partial charge >= 0.3 is 0 Å². The highest BCUT2D eigenvalue weighted by Gasteiger charge is 2.24. The molecular formula is C17H14ClN3O2. The lowest BCUT2D eigenvalue weighted by Crippen LogP contribution is -2.01. The molecule has 0 bridgehead atoms. The van der Waals surface area contributed by atoms with E-state index in [9.17, 15) is 10.1 Å². The van der Waals surface area contributed by atoms with Crippen LogP contribution in [0.1, 0.15) is 5.56 Å². The quantitative estimate of drug-likeness (QED) is 0.394. The lowest BCUT2D eigenvalue weighted by Gasteiger charge is -2.08. The minimum Gasteiger partial charge on any atom is -0.320 e. The second-order valence-corrected chi connectivity index (χ2v) is 5.58. The molecule has 0 spiro atoms. The Morgan fingerprint density at radius 1 is 1.35 bits per heavy atom. The summed E-state index contributed by atoms with van der Waals surface area (Å²) in [4.78, 5) is 15.6. The van der Waals surface area contributed by atoms with Gasteiger partial charge in [0, 0.05) is 6.54 Å². The van der Waals surface area contributed by atoms with E-state index in [1.54, 1.807) is 18.2 Å². The highest BCUT2D eigenvalue weighted by Crippen LogP contribution is 2.37. The number of nitrogens with zero attached hydrogens (tertiary/aromatic N) is 3. The average Bonchev–Trinajstić information content (AvgIpc) is 2.87. The third-order valence-corrected chi connectivity index (χ3v) is 4.01. The van der Waals surface area contributed by atoms with Crippen LogP contribution in [0.4, 0.5) is 5.69 Å². The zero-order chi connectivity index (χ0) is 16.6. The summed E-state index contributed by atoms with van der Waals surface area (Å²) in [6, 6.07) is 10.7. The predicted molar refractivity (Wildman–Crippen MR) is 91.8 cm³/mol. The number of nitro benzene ring substituents is 1. The Morgan fingerprint density at radius 2 is 2.09 bits per heavy atom. The van der Waals surface area contributed by atoms with Gasteiger partial charge in [0.1, 0.15) is 10.8 Å². The molecular weight excluding hydrogens is 314 g/mol. The Kier molecular flexibility index (Phi) is 3.88. The Hall–Kier alpha value is -2.66. The van der Waals surface area contributed by atoms with Crippen LogP contribution in [0.2, 0.25) is 5.02 Å². The van der Waals surface area contributed by atoms with E-state index in [4.69, 9.17) is 11.6 Å². The molecule has 0 amide bonds. The van der Waals surface area contributed by atoms with Crippen molar-refractivity contribution in [3.8, 4) is 11.4 Å². The number of benzene rings is 2. The highest BCUT2D eigenvalue weighted by atomic mass is 35.5. The molecule has 1 aromatic heterocycles. The fourth-order valence-electron chi connectivity index (χ4n) is 2.69. The lowest BCUT2D eigenvalue weighted by atomic mass is 10.1. The summed E-state index contributed by atoms with van der Waals surface area (Å²) in [6.07, 6.45) is 1.74. The highest BCUT2D eigenvalue weighted by molar-refractivity contribution is 6.33. The van der Waals surface area contributed by atoms with Gasteiger partial charge in [-0.3, -0.25) is 10.1 Å².